The second-order valence-corrected chi connectivity index (χ2v) is 4.85. The van der Waals surface area contributed by atoms with E-state index in [9.17, 15) is 4.79 Å². The van der Waals surface area contributed by atoms with Crippen LogP contribution in [-0.2, 0) is 9.53 Å². The van der Waals surface area contributed by atoms with E-state index in [1.165, 1.54) is 0 Å². The highest BCUT2D eigenvalue weighted by Crippen LogP contribution is 2.04. The summed E-state index contributed by atoms with van der Waals surface area (Å²) in [5.74, 6) is 0.766. The van der Waals surface area contributed by atoms with E-state index in [1.807, 2.05) is 13.8 Å². The zero-order valence-corrected chi connectivity index (χ0v) is 15.1. The number of amides is 1. The Balaban J connectivity index is 0. The zero-order valence-electron chi connectivity index (χ0n) is 12.7. The average molecular weight is 386 g/mol. The number of nitrogens with zero attached hydrogens (tertiary/aromatic N) is 2. The molecule has 0 aliphatic rings. The predicted molar refractivity (Wildman–Crippen MR) is 89.2 cm³/mol. The number of carbonyl (C=O) groups is 1. The van der Waals surface area contributed by atoms with Crippen molar-refractivity contribution in [3.8, 4) is 0 Å². The van der Waals surface area contributed by atoms with Gasteiger partial charge < -0.3 is 20.3 Å². The van der Waals surface area contributed by atoms with Crippen molar-refractivity contribution in [2.45, 2.75) is 25.9 Å². The first-order valence-electron chi connectivity index (χ1n) is 6.02. The molecule has 0 unspecified atom stereocenters. The Morgan fingerprint density at radius 2 is 1.89 bits per heavy atom. The van der Waals surface area contributed by atoms with E-state index in [1.54, 1.807) is 33.2 Å². The fraction of sp³-hybridized carbons (Fsp3) is 0.833. The molecule has 114 valence electrons. The predicted octanol–water partition coefficient (Wildman–Crippen LogP) is 0.673. The Labute approximate surface area is 133 Å². The van der Waals surface area contributed by atoms with Crippen LogP contribution in [0.4, 0.5) is 0 Å². The van der Waals surface area contributed by atoms with Crippen LogP contribution in [0.2, 0.25) is 0 Å². The Hall–Kier alpha value is -0.570. The maximum Gasteiger partial charge on any atom is 0.223 e. The Morgan fingerprint density at radius 1 is 1.32 bits per heavy atom. The van der Waals surface area contributed by atoms with Gasteiger partial charge in [-0.1, -0.05) is 0 Å². The molecule has 0 radical (unpaired) electrons. The SMILES string of the molecule is CN=C(NCCC(=O)N(C)C)NCC(C)(C)OC.I. The lowest BCUT2D eigenvalue weighted by atomic mass is 10.1. The van der Waals surface area contributed by atoms with Gasteiger partial charge in [0, 0.05) is 47.8 Å². The van der Waals surface area contributed by atoms with Gasteiger partial charge in [-0.3, -0.25) is 9.79 Å². The van der Waals surface area contributed by atoms with Crippen molar-refractivity contribution in [1.82, 2.24) is 15.5 Å². The summed E-state index contributed by atoms with van der Waals surface area (Å²) in [6.07, 6.45) is 0.446. The molecule has 0 aromatic rings. The van der Waals surface area contributed by atoms with Crippen molar-refractivity contribution in [2.75, 3.05) is 41.3 Å². The summed E-state index contributed by atoms with van der Waals surface area (Å²) >= 11 is 0. The molecule has 0 aliphatic heterocycles. The second kappa shape index (κ2) is 10.2. The second-order valence-electron chi connectivity index (χ2n) is 4.85. The van der Waals surface area contributed by atoms with E-state index in [0.717, 1.165) is 0 Å². The van der Waals surface area contributed by atoms with Crippen molar-refractivity contribution in [3.05, 3.63) is 0 Å². The fourth-order valence-electron chi connectivity index (χ4n) is 1.10. The Bertz CT molecular complexity index is 293. The largest absolute Gasteiger partial charge is 0.377 e. The maximum absolute atomic E-state index is 11.4. The molecule has 0 aliphatic carbocycles. The summed E-state index contributed by atoms with van der Waals surface area (Å²) in [7, 11) is 6.86. The minimum atomic E-state index is -0.253. The van der Waals surface area contributed by atoms with Gasteiger partial charge in [0.1, 0.15) is 0 Å². The third-order valence-electron chi connectivity index (χ3n) is 2.59. The summed E-state index contributed by atoms with van der Waals surface area (Å²) < 4.78 is 5.30. The lowest BCUT2D eigenvalue weighted by Crippen LogP contribution is -2.45. The van der Waals surface area contributed by atoms with E-state index in [-0.39, 0.29) is 35.5 Å². The van der Waals surface area contributed by atoms with Crippen molar-refractivity contribution in [2.24, 2.45) is 4.99 Å². The smallest absolute Gasteiger partial charge is 0.223 e. The molecule has 0 spiro atoms. The van der Waals surface area contributed by atoms with Gasteiger partial charge in [0.25, 0.3) is 0 Å². The number of ether oxygens (including phenoxy) is 1. The van der Waals surface area contributed by atoms with Gasteiger partial charge in [0.2, 0.25) is 5.91 Å². The monoisotopic (exact) mass is 386 g/mol. The number of aliphatic imine (C=N–C) groups is 1. The highest BCUT2D eigenvalue weighted by Gasteiger charge is 2.16. The normalized spacial score (nSPS) is 11.6. The van der Waals surface area contributed by atoms with Gasteiger partial charge in [0.15, 0.2) is 5.96 Å². The number of rotatable bonds is 6. The highest BCUT2D eigenvalue weighted by atomic mass is 127. The first kappa shape index (κ1) is 20.7. The van der Waals surface area contributed by atoms with Crippen molar-refractivity contribution in [3.63, 3.8) is 0 Å². The molecule has 0 atom stereocenters. The summed E-state index contributed by atoms with van der Waals surface area (Å²) in [5, 5.41) is 6.24. The molecule has 0 aromatic carbocycles. The van der Waals surface area contributed by atoms with Crippen LogP contribution in [0.5, 0.6) is 0 Å². The molecule has 2 N–H and O–H groups in total. The van der Waals surface area contributed by atoms with Crippen LogP contribution in [0.15, 0.2) is 4.99 Å². The van der Waals surface area contributed by atoms with Crippen LogP contribution in [0.25, 0.3) is 0 Å². The molecule has 19 heavy (non-hydrogen) atoms. The first-order chi connectivity index (χ1) is 8.32. The molecule has 0 bridgehead atoms. The van der Waals surface area contributed by atoms with E-state index in [0.29, 0.717) is 25.5 Å². The summed E-state index contributed by atoms with van der Waals surface area (Å²) in [6, 6.07) is 0. The van der Waals surface area contributed by atoms with E-state index >= 15 is 0 Å². The standard InChI is InChI=1S/C12H26N4O2.HI/c1-12(2,18-6)9-15-11(13-3)14-8-7-10(17)16(4)5;/h7-9H2,1-6H3,(H2,13,14,15);1H. The molecule has 1 amide bonds. The molecule has 0 aromatic heterocycles. The Kier molecular flexibility index (Phi) is 11.2. The topological polar surface area (TPSA) is 66.0 Å². The number of methoxy groups -OCH3 is 1. The number of nitrogens with one attached hydrogen (secondary N) is 2. The van der Waals surface area contributed by atoms with Crippen LogP contribution in [0, 0.1) is 0 Å². The van der Waals surface area contributed by atoms with Crippen LogP contribution in [0.1, 0.15) is 20.3 Å². The summed E-state index contributed by atoms with van der Waals surface area (Å²) in [6.45, 7) is 5.18. The molecule has 0 rings (SSSR count). The molecule has 0 saturated carbocycles. The highest BCUT2D eigenvalue weighted by molar-refractivity contribution is 14.0. The van der Waals surface area contributed by atoms with Crippen molar-refractivity contribution < 1.29 is 9.53 Å². The minimum Gasteiger partial charge on any atom is -0.377 e. The molecule has 0 saturated heterocycles. The number of hydrogen-bond donors (Lipinski definition) is 2. The molecule has 0 fully saturated rings. The molecular weight excluding hydrogens is 359 g/mol. The van der Waals surface area contributed by atoms with Crippen LogP contribution < -0.4 is 10.6 Å². The molecular formula is C12H27IN4O2. The van der Waals surface area contributed by atoms with E-state index in [4.69, 9.17) is 4.74 Å². The number of carbonyl (C=O) groups excluding carboxylic acids is 1. The van der Waals surface area contributed by atoms with Gasteiger partial charge in [0.05, 0.1) is 5.60 Å². The van der Waals surface area contributed by atoms with Crippen LogP contribution in [0.3, 0.4) is 0 Å². The molecule has 7 heteroatoms. The van der Waals surface area contributed by atoms with Crippen LogP contribution in [-0.4, -0.2) is 63.7 Å². The molecule has 0 heterocycles. The quantitative estimate of drug-likeness (QED) is 0.400. The average Bonchev–Trinajstić information content (AvgIpc) is 2.33. The molecule has 6 nitrogen and oxygen atoms in total. The van der Waals surface area contributed by atoms with Gasteiger partial charge in [-0.25, -0.2) is 0 Å². The lowest BCUT2D eigenvalue weighted by Gasteiger charge is -2.24. The number of hydrogen-bond acceptors (Lipinski definition) is 3. The van der Waals surface area contributed by atoms with Crippen LogP contribution >= 0.6 is 24.0 Å². The van der Waals surface area contributed by atoms with Crippen molar-refractivity contribution in [1.29, 1.82) is 0 Å². The maximum atomic E-state index is 11.4. The zero-order chi connectivity index (χ0) is 14.2. The van der Waals surface area contributed by atoms with Gasteiger partial charge in [-0.2, -0.15) is 0 Å². The van der Waals surface area contributed by atoms with Crippen molar-refractivity contribution >= 4 is 35.8 Å². The minimum absolute atomic E-state index is 0. The van der Waals surface area contributed by atoms with E-state index < -0.39 is 0 Å². The number of guanidine groups is 1. The lowest BCUT2D eigenvalue weighted by molar-refractivity contribution is -0.128. The first-order valence-corrected chi connectivity index (χ1v) is 6.02. The summed E-state index contributed by atoms with van der Waals surface area (Å²) in [5.41, 5.74) is -0.253. The third-order valence-corrected chi connectivity index (χ3v) is 2.59. The fourth-order valence-corrected chi connectivity index (χ4v) is 1.10. The van der Waals surface area contributed by atoms with Gasteiger partial charge >= 0.3 is 0 Å². The van der Waals surface area contributed by atoms with E-state index in [2.05, 4.69) is 15.6 Å². The Morgan fingerprint density at radius 3 is 2.32 bits per heavy atom. The van der Waals surface area contributed by atoms with Gasteiger partial charge in [-0.15, -0.1) is 24.0 Å². The van der Waals surface area contributed by atoms with Gasteiger partial charge in [-0.05, 0) is 13.8 Å². The number of halogens is 1. The third kappa shape index (κ3) is 9.94. The summed E-state index contributed by atoms with van der Waals surface area (Å²) in [4.78, 5) is 17.0.